The van der Waals surface area contributed by atoms with E-state index in [-0.39, 0.29) is 207 Å². The third-order valence-electron chi connectivity index (χ3n) is 1.84. The number of hydrogen-bond donors (Lipinski definition) is 20. The first-order valence-electron chi connectivity index (χ1n) is 8.99. The molecule has 0 radical (unpaired) electrons. The van der Waals surface area contributed by atoms with E-state index in [4.69, 9.17) is 97.9 Å². The van der Waals surface area contributed by atoms with Gasteiger partial charge in [0.25, 0.3) is 0 Å². The molecule has 0 aromatic rings. The van der Waals surface area contributed by atoms with Crippen LogP contribution in [-0.4, -0.2) is 334 Å². The monoisotopic (exact) mass is 1050 g/mol. The Balaban J connectivity index is -0.0000000372. The first kappa shape index (κ1) is 91.1. The molecule has 0 amide bonds. The summed E-state index contributed by atoms with van der Waals surface area (Å²) >= 11 is 0. The summed E-state index contributed by atoms with van der Waals surface area (Å²) in [6.07, 6.45) is 0. The molecule has 0 spiro atoms. The van der Waals surface area contributed by atoms with Gasteiger partial charge in [0, 0.05) is 0 Å². The van der Waals surface area contributed by atoms with E-state index in [1.54, 1.807) is 0 Å². The summed E-state index contributed by atoms with van der Waals surface area (Å²) < 4.78 is 98.5. The molecule has 0 saturated heterocycles. The second kappa shape index (κ2) is 37.7. The summed E-state index contributed by atoms with van der Waals surface area (Å²) in [4.78, 5) is 159. The Morgan fingerprint density at radius 1 is 0.173 bits per heavy atom. The van der Waals surface area contributed by atoms with Crippen LogP contribution in [0.25, 0.3) is 0 Å². The van der Waals surface area contributed by atoms with Gasteiger partial charge >= 0.3 is 283 Å². The van der Waals surface area contributed by atoms with Gasteiger partial charge in [0.1, 0.15) is 0 Å². The molecule has 52 heavy (non-hydrogen) atoms. The van der Waals surface area contributed by atoms with E-state index in [0.29, 0.717) is 0 Å². The van der Waals surface area contributed by atoms with Crippen LogP contribution < -0.4 is 0 Å². The molecule has 20 N–H and O–H groups in total. The van der Waals surface area contributed by atoms with Gasteiger partial charge in [-0.2, -0.15) is 0 Å². The van der Waals surface area contributed by atoms with Gasteiger partial charge in [0.05, 0.1) is 0 Å². The molecule has 0 aliphatic rings. The fourth-order valence-corrected chi connectivity index (χ4v) is 10.8. The zero-order valence-corrected chi connectivity index (χ0v) is 30.0. The molecule has 0 bridgehead atoms. The van der Waals surface area contributed by atoms with Crippen LogP contribution in [0.5, 0.6) is 0 Å². The molecule has 294 valence electrons. The molecule has 0 fully saturated rings. The SMILES string of the molecule is O=P(O)(O)CP(=O)(O)O.O=P(O)(O)CP(=O)(O)O.O=P(O)(O)CP(=O)(O)O.O=P(O)(O)CP(=O)(O)O.O=P(O)(O)CP(=O)(O)O.[NaH].[NaH].[NaH].[NaH].[NaH].[NaH].[NaH]. The number of rotatable bonds is 10. The topological polar surface area (TPSA) is 575 Å². The van der Waals surface area contributed by atoms with Crippen LogP contribution >= 0.6 is 76.0 Å². The van der Waals surface area contributed by atoms with Gasteiger partial charge in [-0.15, -0.1) is 0 Å². The third-order valence-corrected chi connectivity index (χ3v) is 16.6. The Hall–Kier alpha value is 8.50. The van der Waals surface area contributed by atoms with Gasteiger partial charge in [-0.1, -0.05) is 0 Å². The summed E-state index contributed by atoms with van der Waals surface area (Å²) in [5, 5.41) is 0. The van der Waals surface area contributed by atoms with Crippen LogP contribution in [0.2, 0.25) is 0 Å². The Morgan fingerprint density at radius 2 is 0.212 bits per heavy atom. The van der Waals surface area contributed by atoms with Crippen LogP contribution in [0.1, 0.15) is 0 Å². The Bertz CT molecular complexity index is 1030. The van der Waals surface area contributed by atoms with Crippen molar-refractivity contribution in [2.75, 3.05) is 29.5 Å². The molecule has 0 atom stereocenters. The molecule has 0 heterocycles. The second-order valence-electron chi connectivity index (χ2n) is 7.35. The van der Waals surface area contributed by atoms with Gasteiger partial charge in [0.2, 0.25) is 0 Å². The van der Waals surface area contributed by atoms with Crippen molar-refractivity contribution in [1.82, 2.24) is 0 Å². The Kier molecular flexibility index (Phi) is 66.0. The van der Waals surface area contributed by atoms with Crippen LogP contribution in [0.3, 0.4) is 0 Å². The fourth-order valence-electron chi connectivity index (χ4n) is 1.20. The maximum atomic E-state index is 9.85. The molecule has 0 aliphatic carbocycles. The summed E-state index contributed by atoms with van der Waals surface area (Å²) in [6.45, 7) is 0. The fraction of sp³-hybridized carbons (Fsp3) is 1.00. The second-order valence-corrected chi connectivity index (χ2v) is 26.3. The summed E-state index contributed by atoms with van der Waals surface area (Å²) in [5.74, 6) is -6.88. The summed E-state index contributed by atoms with van der Waals surface area (Å²) in [7, 11) is -45.5. The predicted octanol–water partition coefficient (Wildman–Crippen LogP) is -8.04. The number of hydrogen-bond acceptors (Lipinski definition) is 10. The van der Waals surface area contributed by atoms with E-state index in [2.05, 4.69) is 0 Å². The van der Waals surface area contributed by atoms with E-state index in [0.717, 1.165) is 0 Å². The van der Waals surface area contributed by atoms with Crippen LogP contribution in [0, 0.1) is 0 Å². The van der Waals surface area contributed by atoms with Crippen molar-refractivity contribution in [3.63, 3.8) is 0 Å². The molecule has 0 aliphatic heterocycles. The molecule has 0 aromatic carbocycles. The molecule has 47 heteroatoms. The minimum absolute atomic E-state index is 0. The molecular formula is C5H37Na7O30P10. The standard InChI is InChI=1S/5CH6O6P2.7Na.7H/c5*2-8(3,4)1-9(5,6)7;;;;;;;;;;;;;;/h5*1H2,(H2,2,3,4)(H2,5,6,7);;;;;;;;;;;;;;. The zero-order valence-electron chi connectivity index (χ0n) is 21.0. The van der Waals surface area contributed by atoms with Crippen molar-refractivity contribution < 1.29 is 144 Å². The average Bonchev–Trinajstić information content (AvgIpc) is 2.36. The van der Waals surface area contributed by atoms with Crippen molar-refractivity contribution in [1.29, 1.82) is 0 Å². The van der Waals surface area contributed by atoms with Crippen molar-refractivity contribution in [2.45, 2.75) is 0 Å². The van der Waals surface area contributed by atoms with E-state index >= 15 is 0 Å². The van der Waals surface area contributed by atoms with Crippen molar-refractivity contribution in [2.24, 2.45) is 0 Å². The first-order chi connectivity index (χ1) is 18.5. The predicted molar refractivity (Wildman–Crippen MR) is 195 cm³/mol. The normalized spacial score (nSPS) is 11.9. The Labute approximate surface area is 448 Å². The minimum atomic E-state index is -4.55. The average molecular weight is 1050 g/mol. The quantitative estimate of drug-likeness (QED) is 0.0714. The van der Waals surface area contributed by atoms with Gasteiger partial charge < -0.3 is 97.9 Å². The third kappa shape index (κ3) is 130. The van der Waals surface area contributed by atoms with Crippen LogP contribution in [0.4, 0.5) is 0 Å². The van der Waals surface area contributed by atoms with Crippen LogP contribution in [-0.2, 0) is 45.7 Å². The molecule has 0 rings (SSSR count). The van der Waals surface area contributed by atoms with Gasteiger partial charge in [0.15, 0.2) is 29.5 Å². The van der Waals surface area contributed by atoms with E-state index < -0.39 is 105 Å². The first-order valence-corrected chi connectivity index (χ1v) is 27.0. The molecular weight excluding hydrogens is 1010 g/mol. The van der Waals surface area contributed by atoms with E-state index in [9.17, 15) is 45.7 Å². The zero-order chi connectivity index (χ0) is 38.5. The van der Waals surface area contributed by atoms with Gasteiger partial charge in [-0.25, -0.2) is 0 Å². The van der Waals surface area contributed by atoms with Crippen LogP contribution in [0.15, 0.2) is 0 Å². The summed E-state index contributed by atoms with van der Waals surface area (Å²) in [5.41, 5.74) is 0. The Morgan fingerprint density at radius 3 is 0.212 bits per heavy atom. The van der Waals surface area contributed by atoms with Gasteiger partial charge in [-0.05, 0) is 0 Å². The molecule has 0 unspecified atom stereocenters. The molecule has 30 nitrogen and oxygen atoms in total. The molecule has 0 saturated carbocycles. The van der Waals surface area contributed by atoms with Crippen molar-refractivity contribution in [3.05, 3.63) is 0 Å². The molecule has 0 aromatic heterocycles. The van der Waals surface area contributed by atoms with E-state index in [1.165, 1.54) is 0 Å². The van der Waals surface area contributed by atoms with Crippen molar-refractivity contribution in [3.8, 4) is 0 Å². The van der Waals surface area contributed by atoms with E-state index in [1.807, 2.05) is 0 Å². The maximum absolute atomic E-state index is 9.85. The van der Waals surface area contributed by atoms with Crippen molar-refractivity contribution >= 4 is 283 Å². The van der Waals surface area contributed by atoms with Gasteiger partial charge in [-0.3, -0.25) is 45.7 Å². The summed E-state index contributed by atoms with van der Waals surface area (Å²) in [6, 6.07) is 0.